The molecule has 150 valence electrons. The number of nitrogens with zero attached hydrogens (tertiary/aromatic N) is 1. The molecule has 1 atom stereocenters. The first-order valence-corrected chi connectivity index (χ1v) is 10.1. The average molecular weight is 383 g/mol. The van der Waals surface area contributed by atoms with Crippen molar-refractivity contribution in [1.82, 2.24) is 10.2 Å². The summed E-state index contributed by atoms with van der Waals surface area (Å²) < 4.78 is 11.1. The number of rotatable bonds is 8. The van der Waals surface area contributed by atoms with Crippen LogP contribution in [0.25, 0.3) is 0 Å². The molecule has 2 aromatic carbocycles. The van der Waals surface area contributed by atoms with Crippen LogP contribution in [0, 0.1) is 6.92 Å². The van der Waals surface area contributed by atoms with Crippen molar-refractivity contribution < 1.29 is 14.3 Å². The molecule has 0 aliphatic carbocycles. The van der Waals surface area contributed by atoms with Crippen LogP contribution >= 0.6 is 0 Å². The highest BCUT2D eigenvalue weighted by atomic mass is 16.5. The Labute approximate surface area is 167 Å². The number of benzene rings is 2. The summed E-state index contributed by atoms with van der Waals surface area (Å²) in [5.74, 6) is 0.657. The van der Waals surface area contributed by atoms with Crippen molar-refractivity contribution in [2.24, 2.45) is 0 Å². The molecule has 0 bridgehead atoms. The third-order valence-electron chi connectivity index (χ3n) is 4.97. The largest absolute Gasteiger partial charge is 0.494 e. The highest BCUT2D eigenvalue weighted by Gasteiger charge is 2.23. The molecule has 1 N–H and O–H groups in total. The molecule has 1 amide bonds. The van der Waals surface area contributed by atoms with Crippen LogP contribution < -0.4 is 10.1 Å². The maximum Gasteiger partial charge on any atom is 0.251 e. The van der Waals surface area contributed by atoms with Gasteiger partial charge in [0.25, 0.3) is 5.91 Å². The molecule has 0 aromatic heterocycles. The van der Waals surface area contributed by atoms with E-state index in [0.717, 1.165) is 38.5 Å². The number of carbonyl (C=O) groups excluding carboxylic acids is 1. The fraction of sp³-hybridized carbons (Fsp3) is 0.435. The quantitative estimate of drug-likeness (QED) is 0.758. The zero-order chi connectivity index (χ0) is 19.8. The van der Waals surface area contributed by atoms with Gasteiger partial charge >= 0.3 is 0 Å². The lowest BCUT2D eigenvalue weighted by Crippen LogP contribution is -2.43. The Bertz CT molecular complexity index is 755. The Hall–Kier alpha value is -2.37. The predicted octanol–water partition coefficient (Wildman–Crippen LogP) is 3.59. The van der Waals surface area contributed by atoms with Crippen molar-refractivity contribution in [2.45, 2.75) is 26.3 Å². The molecule has 0 spiro atoms. The van der Waals surface area contributed by atoms with E-state index in [2.05, 4.69) is 48.3 Å². The Morgan fingerprint density at radius 3 is 2.64 bits per heavy atom. The number of nitrogens with one attached hydrogen (secondary N) is 1. The van der Waals surface area contributed by atoms with Gasteiger partial charge in [-0.2, -0.15) is 0 Å². The number of morpholine rings is 1. The molecular weight excluding hydrogens is 352 g/mol. The molecule has 0 unspecified atom stereocenters. The van der Waals surface area contributed by atoms with Crippen LogP contribution in [0.3, 0.4) is 0 Å². The SMILES string of the molecule is CCCOc1cccc(C(=O)NC[C@H](c2ccc(C)cc2)N2CCOCC2)c1. The van der Waals surface area contributed by atoms with Gasteiger partial charge in [0.05, 0.1) is 25.9 Å². The van der Waals surface area contributed by atoms with Gasteiger partial charge in [0.15, 0.2) is 0 Å². The van der Waals surface area contributed by atoms with E-state index in [1.165, 1.54) is 11.1 Å². The van der Waals surface area contributed by atoms with Gasteiger partial charge in [-0.15, -0.1) is 0 Å². The predicted molar refractivity (Wildman–Crippen MR) is 111 cm³/mol. The van der Waals surface area contributed by atoms with Crippen molar-refractivity contribution in [2.75, 3.05) is 39.5 Å². The third kappa shape index (κ3) is 5.57. The van der Waals surface area contributed by atoms with Gasteiger partial charge in [-0.25, -0.2) is 0 Å². The lowest BCUT2D eigenvalue weighted by molar-refractivity contribution is 0.0162. The molecule has 1 aliphatic rings. The van der Waals surface area contributed by atoms with Gasteiger partial charge in [-0.1, -0.05) is 42.8 Å². The van der Waals surface area contributed by atoms with Gasteiger partial charge in [0, 0.05) is 25.2 Å². The minimum absolute atomic E-state index is 0.0766. The third-order valence-corrected chi connectivity index (χ3v) is 4.97. The van der Waals surface area contributed by atoms with Gasteiger partial charge in [-0.3, -0.25) is 9.69 Å². The summed E-state index contributed by atoms with van der Waals surface area (Å²) in [7, 11) is 0. The summed E-state index contributed by atoms with van der Waals surface area (Å²) in [4.78, 5) is 15.1. The van der Waals surface area contributed by atoms with Crippen LogP contribution in [-0.2, 0) is 4.74 Å². The minimum atomic E-state index is -0.0766. The maximum absolute atomic E-state index is 12.7. The molecule has 3 rings (SSSR count). The van der Waals surface area contributed by atoms with Crippen molar-refractivity contribution in [3.8, 4) is 5.75 Å². The van der Waals surface area contributed by atoms with Crippen molar-refractivity contribution in [3.63, 3.8) is 0 Å². The van der Waals surface area contributed by atoms with E-state index in [9.17, 15) is 4.79 Å². The van der Waals surface area contributed by atoms with E-state index in [1.807, 2.05) is 18.2 Å². The van der Waals surface area contributed by atoms with E-state index in [-0.39, 0.29) is 11.9 Å². The first kappa shape index (κ1) is 20.4. The van der Waals surface area contributed by atoms with E-state index in [1.54, 1.807) is 6.07 Å². The number of aryl methyl sites for hydroxylation is 1. The second-order valence-electron chi connectivity index (χ2n) is 7.16. The van der Waals surface area contributed by atoms with E-state index in [0.29, 0.717) is 18.7 Å². The standard InChI is InChI=1S/C23H30N2O3/c1-3-13-28-21-6-4-5-20(16-21)23(26)24-17-22(25-11-14-27-15-12-25)19-9-7-18(2)8-10-19/h4-10,16,22H,3,11-15,17H2,1-2H3,(H,24,26)/t22-/m1/s1. The van der Waals surface area contributed by atoms with Crippen molar-refractivity contribution in [3.05, 3.63) is 65.2 Å². The summed E-state index contributed by atoms with van der Waals surface area (Å²) in [6.07, 6.45) is 0.939. The molecule has 2 aromatic rings. The van der Waals surface area contributed by atoms with Crippen LogP contribution in [-0.4, -0.2) is 50.3 Å². The Balaban J connectivity index is 1.68. The van der Waals surface area contributed by atoms with Gasteiger partial charge in [0.1, 0.15) is 5.75 Å². The van der Waals surface area contributed by atoms with Crippen LogP contribution in [0.4, 0.5) is 0 Å². The van der Waals surface area contributed by atoms with Crippen molar-refractivity contribution in [1.29, 1.82) is 0 Å². The number of ether oxygens (including phenoxy) is 2. The smallest absolute Gasteiger partial charge is 0.251 e. The zero-order valence-corrected chi connectivity index (χ0v) is 16.8. The average Bonchev–Trinajstić information content (AvgIpc) is 2.74. The Morgan fingerprint density at radius 1 is 1.18 bits per heavy atom. The second-order valence-corrected chi connectivity index (χ2v) is 7.16. The van der Waals surface area contributed by atoms with E-state index in [4.69, 9.17) is 9.47 Å². The molecule has 5 nitrogen and oxygen atoms in total. The van der Waals surface area contributed by atoms with Crippen molar-refractivity contribution >= 4 is 5.91 Å². The molecule has 28 heavy (non-hydrogen) atoms. The van der Waals surface area contributed by atoms with E-state index < -0.39 is 0 Å². The van der Waals surface area contributed by atoms with Crippen LogP contribution in [0.5, 0.6) is 5.75 Å². The van der Waals surface area contributed by atoms with Gasteiger partial charge < -0.3 is 14.8 Å². The van der Waals surface area contributed by atoms with Crippen LogP contribution in [0.2, 0.25) is 0 Å². The van der Waals surface area contributed by atoms with Crippen LogP contribution in [0.15, 0.2) is 48.5 Å². The summed E-state index contributed by atoms with van der Waals surface area (Å²) in [6.45, 7) is 8.56. The Morgan fingerprint density at radius 2 is 1.93 bits per heavy atom. The monoisotopic (exact) mass is 382 g/mol. The van der Waals surface area contributed by atoms with Crippen LogP contribution in [0.1, 0.15) is 40.9 Å². The molecular formula is C23H30N2O3. The molecule has 0 radical (unpaired) electrons. The topological polar surface area (TPSA) is 50.8 Å². The molecule has 1 fully saturated rings. The molecule has 1 heterocycles. The summed E-state index contributed by atoms with van der Waals surface area (Å²) in [5.41, 5.74) is 3.07. The highest BCUT2D eigenvalue weighted by Crippen LogP contribution is 2.22. The number of carbonyl (C=O) groups is 1. The summed E-state index contributed by atoms with van der Waals surface area (Å²) in [5, 5.41) is 3.12. The zero-order valence-electron chi connectivity index (χ0n) is 16.8. The first-order chi connectivity index (χ1) is 13.7. The lowest BCUT2D eigenvalue weighted by Gasteiger charge is -2.35. The number of hydrogen-bond donors (Lipinski definition) is 1. The number of amides is 1. The first-order valence-electron chi connectivity index (χ1n) is 10.1. The summed E-state index contributed by atoms with van der Waals surface area (Å²) >= 11 is 0. The molecule has 1 saturated heterocycles. The van der Waals surface area contributed by atoms with Gasteiger partial charge in [0.2, 0.25) is 0 Å². The van der Waals surface area contributed by atoms with Gasteiger partial charge in [-0.05, 0) is 37.1 Å². The fourth-order valence-corrected chi connectivity index (χ4v) is 3.37. The van der Waals surface area contributed by atoms with E-state index >= 15 is 0 Å². The highest BCUT2D eigenvalue weighted by molar-refractivity contribution is 5.94. The molecule has 0 saturated carbocycles. The fourth-order valence-electron chi connectivity index (χ4n) is 3.37. The second kappa shape index (κ2) is 10.2. The lowest BCUT2D eigenvalue weighted by atomic mass is 10.0. The molecule has 1 aliphatic heterocycles. The summed E-state index contributed by atoms with van der Waals surface area (Å²) in [6, 6.07) is 16.1. The maximum atomic E-state index is 12.7. The minimum Gasteiger partial charge on any atom is -0.494 e. The Kier molecular flexibility index (Phi) is 7.46. The normalized spacial score (nSPS) is 15.8. The number of hydrogen-bond acceptors (Lipinski definition) is 4. The molecule has 5 heteroatoms.